The summed E-state index contributed by atoms with van der Waals surface area (Å²) in [6.07, 6.45) is 3.44. The maximum absolute atomic E-state index is 14.1. The highest BCUT2D eigenvalue weighted by molar-refractivity contribution is 6.16. The zero-order valence-corrected chi connectivity index (χ0v) is 27.0. The molecule has 2 N–H and O–H groups in total. The molecule has 0 saturated carbocycles. The normalized spacial score (nSPS) is 19.0. The molecule has 6 rings (SSSR count). The van der Waals surface area contributed by atoms with Gasteiger partial charge in [-0.3, -0.25) is 14.6 Å². The van der Waals surface area contributed by atoms with Crippen LogP contribution in [0.25, 0.3) is 39.3 Å². The van der Waals surface area contributed by atoms with E-state index in [1.807, 2.05) is 19.1 Å². The van der Waals surface area contributed by atoms with Crippen LogP contribution in [0.5, 0.6) is 0 Å². The Morgan fingerprint density at radius 2 is 1.76 bits per heavy atom. The van der Waals surface area contributed by atoms with E-state index in [4.69, 9.17) is 24.5 Å². The van der Waals surface area contributed by atoms with Gasteiger partial charge in [0.05, 0.1) is 49.3 Å². The fourth-order valence-electron chi connectivity index (χ4n) is 7.23. The molecule has 0 saturated heterocycles. The Morgan fingerprint density at radius 3 is 2.44 bits per heavy atom. The van der Waals surface area contributed by atoms with Crippen molar-refractivity contribution in [2.45, 2.75) is 71.6 Å². The zero-order chi connectivity index (χ0) is 32.2. The molecule has 0 radical (unpaired) electrons. The first-order valence-electron chi connectivity index (χ1n) is 15.5. The average molecular weight is 609 g/mol. The van der Waals surface area contributed by atoms with Gasteiger partial charge in [-0.1, -0.05) is 26.5 Å². The first kappa shape index (κ1) is 30.7. The molecule has 8 bridgehead atoms. The predicted molar refractivity (Wildman–Crippen MR) is 176 cm³/mol. The second kappa shape index (κ2) is 11.9. The number of fused-ring (bicyclic) bond motifs is 8. The lowest BCUT2D eigenvalue weighted by Gasteiger charge is -2.19. The summed E-state index contributed by atoms with van der Waals surface area (Å²) in [7, 11) is 2.84. The van der Waals surface area contributed by atoms with Crippen LogP contribution in [-0.4, -0.2) is 52.5 Å². The van der Waals surface area contributed by atoms with Gasteiger partial charge in [-0.25, -0.2) is 14.8 Å². The van der Waals surface area contributed by atoms with Crippen molar-refractivity contribution in [2.24, 2.45) is 0 Å². The van der Waals surface area contributed by atoms with E-state index in [2.05, 4.69) is 56.4 Å². The molecule has 3 atom stereocenters. The van der Waals surface area contributed by atoms with Crippen LogP contribution in [0.3, 0.4) is 0 Å². The van der Waals surface area contributed by atoms with Gasteiger partial charge in [-0.2, -0.15) is 0 Å². The number of ether oxygens (including phenoxy) is 1. The van der Waals surface area contributed by atoms with Crippen molar-refractivity contribution in [3.8, 4) is 0 Å². The highest BCUT2D eigenvalue weighted by Gasteiger charge is 2.41. The smallest absolute Gasteiger partial charge is 0.305 e. The number of carbonyl (C=O) groups is 2. The van der Waals surface area contributed by atoms with Crippen molar-refractivity contribution in [1.82, 2.24) is 19.9 Å². The number of nitrogens with one attached hydrogen (secondary N) is 2. The number of aromatic amines is 2. The van der Waals surface area contributed by atoms with E-state index in [9.17, 15) is 9.59 Å². The van der Waals surface area contributed by atoms with Crippen LogP contribution < -0.4 is 0 Å². The van der Waals surface area contributed by atoms with E-state index in [-0.39, 0.29) is 36.6 Å². The van der Waals surface area contributed by atoms with Gasteiger partial charge in [0.2, 0.25) is 0 Å². The number of aryl methyl sites for hydroxylation is 2. The molecule has 3 aliphatic rings. The number of H-pyrrole nitrogens is 2. The Labute approximate surface area is 262 Å². The number of hydrogen-bond donors (Lipinski definition) is 2. The average Bonchev–Trinajstić information content (AvgIpc) is 3.76. The first-order chi connectivity index (χ1) is 21.6. The number of hydrogen-bond acceptors (Lipinski definition) is 7. The standard InChI is InChI=1S/C36H40N4O5/c1-9-21-17(3)25-13-27-19(5)23(11-12-31(41)43-7)34(39-27)33-24(16-45-44-8)36(42)32-20(6)28(40-35(32)33)15-30-22(10-2)18(4)26(38-30)14-29(21)37-25/h9,13-15,19,23-24,37,40H,1,10-12,16H2,2-8H3/t19-,23-,24?/m0/s1. The largest absolute Gasteiger partial charge is 0.469 e. The predicted octanol–water partition coefficient (Wildman–Crippen LogP) is 7.61. The minimum atomic E-state index is -0.610. The van der Waals surface area contributed by atoms with Gasteiger partial charge in [0.15, 0.2) is 5.78 Å². The van der Waals surface area contributed by atoms with Gasteiger partial charge in [0.25, 0.3) is 0 Å². The Kier molecular flexibility index (Phi) is 8.09. The number of carbonyl (C=O) groups excluding carboxylic acids is 2. The van der Waals surface area contributed by atoms with Crippen LogP contribution >= 0.6 is 0 Å². The Morgan fingerprint density at radius 1 is 1.02 bits per heavy atom. The van der Waals surface area contributed by atoms with Crippen LogP contribution in [0.4, 0.5) is 0 Å². The molecule has 3 aromatic heterocycles. The SMILES string of the molecule is C=Cc1c(C)c2cc3nc(c4c5[nH]c(cc6nc(cc1[nH]2)C(C)=C6CC)c(C)c5C(=O)C4COOC)[C@@H](CCC(=O)OC)[C@@H]3C. The number of esters is 1. The van der Waals surface area contributed by atoms with E-state index in [1.165, 1.54) is 14.2 Å². The van der Waals surface area contributed by atoms with Gasteiger partial charge in [-0.15, -0.1) is 0 Å². The minimum absolute atomic E-state index is 0.0337. The molecule has 5 heterocycles. The topological polar surface area (TPSA) is 119 Å². The number of Topliss-reactive ketones (excluding diaryl/α,β-unsaturated/α-hetero) is 1. The van der Waals surface area contributed by atoms with Gasteiger partial charge in [-0.05, 0) is 74.1 Å². The second-order valence-electron chi connectivity index (χ2n) is 12.1. The summed E-state index contributed by atoms with van der Waals surface area (Å²) in [5, 5.41) is 0. The number of nitrogens with zero attached hydrogens (tertiary/aromatic N) is 2. The van der Waals surface area contributed by atoms with E-state index in [0.29, 0.717) is 12.0 Å². The third kappa shape index (κ3) is 4.94. The number of ketones is 1. The Bertz CT molecular complexity index is 1950. The van der Waals surface area contributed by atoms with Crippen LogP contribution in [-0.2, 0) is 19.3 Å². The van der Waals surface area contributed by atoms with Crippen molar-refractivity contribution in [2.75, 3.05) is 20.8 Å². The maximum atomic E-state index is 14.1. The molecule has 234 valence electrons. The van der Waals surface area contributed by atoms with E-state index in [0.717, 1.165) is 84.7 Å². The van der Waals surface area contributed by atoms with Crippen molar-refractivity contribution < 1.29 is 24.1 Å². The van der Waals surface area contributed by atoms with Gasteiger partial charge < -0.3 is 14.7 Å². The molecular weight excluding hydrogens is 568 g/mol. The fraction of sp³-hybridized carbons (Fsp3) is 0.389. The van der Waals surface area contributed by atoms with E-state index < -0.39 is 5.92 Å². The lowest BCUT2D eigenvalue weighted by Crippen LogP contribution is -2.17. The Hall–Kier alpha value is -4.34. The summed E-state index contributed by atoms with van der Waals surface area (Å²) in [6, 6.07) is 6.22. The van der Waals surface area contributed by atoms with Crippen LogP contribution in [0.1, 0.15) is 113 Å². The second-order valence-corrected chi connectivity index (χ2v) is 12.1. The Balaban J connectivity index is 1.77. The fourth-order valence-corrected chi connectivity index (χ4v) is 7.23. The summed E-state index contributed by atoms with van der Waals surface area (Å²) in [4.78, 5) is 54.4. The number of allylic oxidation sites excluding steroid dienone is 2. The number of aromatic nitrogens is 4. The maximum Gasteiger partial charge on any atom is 0.305 e. The van der Waals surface area contributed by atoms with E-state index in [1.54, 1.807) is 0 Å². The summed E-state index contributed by atoms with van der Waals surface area (Å²) in [5.74, 6) is -1.09. The van der Waals surface area contributed by atoms with Crippen molar-refractivity contribution in [3.05, 3.63) is 75.4 Å². The van der Waals surface area contributed by atoms with Crippen molar-refractivity contribution >= 4 is 51.0 Å². The summed E-state index contributed by atoms with van der Waals surface area (Å²) in [6.45, 7) is 14.6. The third-order valence-electron chi connectivity index (χ3n) is 9.82. The lowest BCUT2D eigenvalue weighted by molar-refractivity contribution is -0.273. The summed E-state index contributed by atoms with van der Waals surface area (Å²) < 4.78 is 5.00. The van der Waals surface area contributed by atoms with Crippen molar-refractivity contribution in [3.63, 3.8) is 0 Å². The summed E-state index contributed by atoms with van der Waals surface area (Å²) >= 11 is 0. The highest BCUT2D eigenvalue weighted by atomic mass is 17.2. The summed E-state index contributed by atoms with van der Waals surface area (Å²) in [5.41, 5.74) is 13.5. The number of rotatable bonds is 8. The van der Waals surface area contributed by atoms with Crippen LogP contribution in [0.2, 0.25) is 0 Å². The molecule has 45 heavy (non-hydrogen) atoms. The highest BCUT2D eigenvalue weighted by Crippen LogP contribution is 2.48. The lowest BCUT2D eigenvalue weighted by atomic mass is 9.84. The molecule has 1 unspecified atom stereocenters. The monoisotopic (exact) mass is 608 g/mol. The molecule has 0 spiro atoms. The molecule has 0 amide bonds. The van der Waals surface area contributed by atoms with Crippen LogP contribution in [0, 0.1) is 13.8 Å². The van der Waals surface area contributed by atoms with Crippen molar-refractivity contribution in [1.29, 1.82) is 0 Å². The van der Waals surface area contributed by atoms with E-state index >= 15 is 0 Å². The quantitative estimate of drug-likeness (QED) is 0.153. The zero-order valence-electron chi connectivity index (χ0n) is 27.0. The first-order valence-corrected chi connectivity index (χ1v) is 15.5. The molecular formula is C36H40N4O5. The van der Waals surface area contributed by atoms with Gasteiger partial charge >= 0.3 is 5.97 Å². The van der Waals surface area contributed by atoms with Crippen LogP contribution in [0.15, 0.2) is 24.8 Å². The molecule has 9 nitrogen and oxygen atoms in total. The van der Waals surface area contributed by atoms with Gasteiger partial charge in [0.1, 0.15) is 0 Å². The molecule has 1 aliphatic carbocycles. The molecule has 0 aromatic carbocycles. The molecule has 2 aliphatic heterocycles. The molecule has 9 heteroatoms. The number of methoxy groups -OCH3 is 1. The molecule has 3 aromatic rings. The van der Waals surface area contributed by atoms with Gasteiger partial charge in [0, 0.05) is 57.2 Å². The third-order valence-corrected chi connectivity index (χ3v) is 9.82. The minimum Gasteiger partial charge on any atom is -0.469 e. The molecule has 0 fully saturated rings.